The van der Waals surface area contributed by atoms with E-state index in [1.807, 2.05) is 0 Å². The number of ether oxygens (including phenoxy) is 2. The van der Waals surface area contributed by atoms with Crippen molar-refractivity contribution < 1.29 is 46.9 Å². The molecule has 0 aromatic heterocycles. The SMILES string of the molecule is CCCCCCCOc1ccc(C(=O)Oc2ccc(CN(CC(=O)O)C(=O)c3ccc(NCC(=O)c4cccc(C(F)(F)F)c4)cc3)cc2)cc1. The van der Waals surface area contributed by atoms with Gasteiger partial charge in [-0.15, -0.1) is 0 Å². The van der Waals surface area contributed by atoms with Gasteiger partial charge in [-0.2, -0.15) is 13.2 Å². The molecule has 9 nitrogen and oxygen atoms in total. The number of carbonyl (C=O) groups is 4. The van der Waals surface area contributed by atoms with Crippen molar-refractivity contribution in [1.82, 2.24) is 4.90 Å². The highest BCUT2D eigenvalue weighted by atomic mass is 19.4. The van der Waals surface area contributed by atoms with Gasteiger partial charge in [0.2, 0.25) is 0 Å². The lowest BCUT2D eigenvalue weighted by Crippen LogP contribution is -2.35. The first kappa shape index (κ1) is 38.2. The van der Waals surface area contributed by atoms with Crippen LogP contribution in [0.1, 0.15) is 81.2 Å². The summed E-state index contributed by atoms with van der Waals surface area (Å²) in [4.78, 5) is 51.2. The molecule has 0 saturated carbocycles. The molecule has 0 aliphatic rings. The number of unbranched alkanes of at least 4 members (excludes halogenated alkanes) is 4. The van der Waals surface area contributed by atoms with E-state index in [0.29, 0.717) is 29.2 Å². The summed E-state index contributed by atoms with van der Waals surface area (Å²) in [7, 11) is 0. The molecular weight excluding hydrogens is 665 g/mol. The van der Waals surface area contributed by atoms with Gasteiger partial charge in [-0.3, -0.25) is 14.4 Å². The molecule has 4 aromatic rings. The molecule has 0 bridgehead atoms. The quantitative estimate of drug-likeness (QED) is 0.0459. The molecule has 0 radical (unpaired) electrons. The third-order valence-electron chi connectivity index (χ3n) is 7.82. The number of esters is 1. The zero-order valence-electron chi connectivity index (χ0n) is 28.1. The average Bonchev–Trinajstić information content (AvgIpc) is 3.12. The normalized spacial score (nSPS) is 11.1. The van der Waals surface area contributed by atoms with Crippen LogP contribution in [-0.2, 0) is 17.5 Å². The first-order chi connectivity index (χ1) is 24.4. The summed E-state index contributed by atoms with van der Waals surface area (Å²) in [5.41, 5.74) is 0.522. The number of amides is 1. The summed E-state index contributed by atoms with van der Waals surface area (Å²) in [5.74, 6) is -1.97. The molecule has 12 heteroatoms. The van der Waals surface area contributed by atoms with Gasteiger partial charge < -0.3 is 24.8 Å². The van der Waals surface area contributed by atoms with Gasteiger partial charge in [-0.25, -0.2) is 4.79 Å². The second-order valence-electron chi connectivity index (χ2n) is 11.8. The van der Waals surface area contributed by atoms with Gasteiger partial charge in [0, 0.05) is 23.4 Å². The van der Waals surface area contributed by atoms with Crippen LogP contribution in [0.15, 0.2) is 97.1 Å². The predicted molar refractivity (Wildman–Crippen MR) is 185 cm³/mol. The van der Waals surface area contributed by atoms with E-state index in [1.165, 1.54) is 49.6 Å². The van der Waals surface area contributed by atoms with E-state index in [1.54, 1.807) is 48.5 Å². The van der Waals surface area contributed by atoms with Gasteiger partial charge in [0.05, 0.1) is 24.3 Å². The number of rotatable bonds is 18. The molecule has 0 heterocycles. The van der Waals surface area contributed by atoms with Crippen molar-refractivity contribution in [2.75, 3.05) is 25.0 Å². The molecule has 1 amide bonds. The van der Waals surface area contributed by atoms with Crippen molar-refractivity contribution in [1.29, 1.82) is 0 Å². The van der Waals surface area contributed by atoms with E-state index in [2.05, 4.69) is 12.2 Å². The Morgan fingerprint density at radius 3 is 2.06 bits per heavy atom. The fourth-order valence-electron chi connectivity index (χ4n) is 5.06. The van der Waals surface area contributed by atoms with Crippen LogP contribution < -0.4 is 14.8 Å². The number of halogens is 3. The Morgan fingerprint density at radius 1 is 0.765 bits per heavy atom. The summed E-state index contributed by atoms with van der Waals surface area (Å²) in [5, 5.41) is 12.3. The van der Waals surface area contributed by atoms with Gasteiger partial charge in [-0.1, -0.05) is 56.9 Å². The lowest BCUT2D eigenvalue weighted by molar-refractivity contribution is -0.138. The van der Waals surface area contributed by atoms with Crippen LogP contribution in [0.25, 0.3) is 0 Å². The minimum Gasteiger partial charge on any atom is -0.494 e. The van der Waals surface area contributed by atoms with Crippen LogP contribution >= 0.6 is 0 Å². The number of carbonyl (C=O) groups excluding carboxylic acids is 3. The molecule has 0 saturated heterocycles. The molecule has 51 heavy (non-hydrogen) atoms. The number of carboxylic acid groups (broad SMARTS) is 1. The van der Waals surface area contributed by atoms with Crippen molar-refractivity contribution >= 4 is 29.3 Å². The Balaban J connectivity index is 1.30. The Kier molecular flexibility index (Phi) is 13.7. The molecule has 4 rings (SSSR count). The maximum atomic E-state index is 13.3. The summed E-state index contributed by atoms with van der Waals surface area (Å²) in [6, 6.07) is 23.1. The molecular formula is C39H39F3N2O7. The van der Waals surface area contributed by atoms with Gasteiger partial charge in [0.1, 0.15) is 18.0 Å². The number of hydrogen-bond acceptors (Lipinski definition) is 7. The number of nitrogens with one attached hydrogen (secondary N) is 1. The van der Waals surface area contributed by atoms with E-state index in [0.717, 1.165) is 35.9 Å². The van der Waals surface area contributed by atoms with E-state index in [4.69, 9.17) is 9.47 Å². The second kappa shape index (κ2) is 18.4. The molecule has 0 spiro atoms. The molecule has 0 unspecified atom stereocenters. The summed E-state index contributed by atoms with van der Waals surface area (Å²) >= 11 is 0. The lowest BCUT2D eigenvalue weighted by atomic mass is 10.1. The summed E-state index contributed by atoms with van der Waals surface area (Å²) < 4.78 is 50.2. The van der Waals surface area contributed by atoms with Crippen molar-refractivity contribution in [2.24, 2.45) is 0 Å². The molecule has 0 aliphatic carbocycles. The number of ketones is 1. The molecule has 0 aliphatic heterocycles. The molecule has 0 atom stereocenters. The number of carboxylic acids is 1. The molecule has 2 N–H and O–H groups in total. The monoisotopic (exact) mass is 704 g/mol. The van der Waals surface area contributed by atoms with E-state index in [9.17, 15) is 37.5 Å². The minimum atomic E-state index is -4.57. The Hall–Kier alpha value is -5.65. The van der Waals surface area contributed by atoms with E-state index < -0.39 is 41.9 Å². The van der Waals surface area contributed by atoms with E-state index >= 15 is 0 Å². The molecule has 0 fully saturated rings. The Bertz CT molecular complexity index is 1770. The Morgan fingerprint density at radius 2 is 1.41 bits per heavy atom. The smallest absolute Gasteiger partial charge is 0.416 e. The zero-order valence-corrected chi connectivity index (χ0v) is 28.1. The molecule has 268 valence electrons. The van der Waals surface area contributed by atoms with Crippen molar-refractivity contribution in [3.63, 3.8) is 0 Å². The third kappa shape index (κ3) is 12.0. The first-order valence-electron chi connectivity index (χ1n) is 16.5. The van der Waals surface area contributed by atoms with Gasteiger partial charge >= 0.3 is 18.1 Å². The summed E-state index contributed by atoms with van der Waals surface area (Å²) in [6.07, 6.45) is 1.09. The van der Waals surface area contributed by atoms with Gasteiger partial charge in [-0.05, 0) is 84.8 Å². The largest absolute Gasteiger partial charge is 0.494 e. The standard InChI is InChI=1S/C39H39F3N2O7/c1-2-3-4-5-6-22-50-33-20-14-29(15-21-33)38(49)51-34-18-10-27(11-19-34)25-44(26-36(46)47)37(48)28-12-16-32(17-13-28)43-24-35(45)30-8-7-9-31(23-30)39(40,41)42/h7-21,23,43H,2-6,22,24-26H2,1H3,(H,46,47). The van der Waals surface area contributed by atoms with Gasteiger partial charge in [0.25, 0.3) is 5.91 Å². The van der Waals surface area contributed by atoms with Crippen molar-refractivity contribution in [2.45, 2.75) is 51.7 Å². The number of aliphatic carboxylic acids is 1. The highest BCUT2D eigenvalue weighted by Gasteiger charge is 2.31. The number of hydrogen-bond donors (Lipinski definition) is 2. The zero-order chi connectivity index (χ0) is 36.8. The first-order valence-corrected chi connectivity index (χ1v) is 16.5. The minimum absolute atomic E-state index is 0.0507. The summed E-state index contributed by atoms with van der Waals surface area (Å²) in [6.45, 7) is 1.86. The number of nitrogens with zero attached hydrogens (tertiary/aromatic N) is 1. The Labute approximate surface area is 294 Å². The van der Waals surface area contributed by atoms with Crippen LogP contribution in [0.5, 0.6) is 11.5 Å². The highest BCUT2D eigenvalue weighted by molar-refractivity contribution is 5.99. The third-order valence-corrected chi connectivity index (χ3v) is 7.82. The second-order valence-corrected chi connectivity index (χ2v) is 11.8. The van der Waals surface area contributed by atoms with Crippen LogP contribution in [0, 0.1) is 0 Å². The average molecular weight is 705 g/mol. The number of Topliss-reactive ketones (excluding diaryl/α,β-unsaturated/α-hetero) is 1. The number of anilines is 1. The van der Waals surface area contributed by atoms with Crippen LogP contribution in [-0.4, -0.2) is 53.3 Å². The molecule has 4 aromatic carbocycles. The predicted octanol–water partition coefficient (Wildman–Crippen LogP) is 8.30. The van der Waals surface area contributed by atoms with Crippen molar-refractivity contribution in [3.05, 3.63) is 125 Å². The van der Waals surface area contributed by atoms with E-state index in [-0.39, 0.29) is 30.0 Å². The topological polar surface area (TPSA) is 122 Å². The maximum Gasteiger partial charge on any atom is 0.416 e. The van der Waals surface area contributed by atoms with Crippen LogP contribution in [0.3, 0.4) is 0 Å². The fraction of sp³-hybridized carbons (Fsp3) is 0.282. The highest BCUT2D eigenvalue weighted by Crippen LogP contribution is 2.29. The van der Waals surface area contributed by atoms with Crippen LogP contribution in [0.4, 0.5) is 18.9 Å². The number of benzene rings is 4. The van der Waals surface area contributed by atoms with Gasteiger partial charge in [0.15, 0.2) is 5.78 Å². The van der Waals surface area contributed by atoms with Crippen LogP contribution in [0.2, 0.25) is 0 Å². The lowest BCUT2D eigenvalue weighted by Gasteiger charge is -2.21. The maximum absolute atomic E-state index is 13.3. The number of alkyl halides is 3. The van der Waals surface area contributed by atoms with Crippen molar-refractivity contribution in [3.8, 4) is 11.5 Å². The fourth-order valence-corrected chi connectivity index (χ4v) is 5.06.